The molecule has 0 fully saturated rings. The Labute approximate surface area is 116 Å². The number of unbranched alkanes of at least 4 members (excludes halogenated alkanes) is 1. The van der Waals surface area contributed by atoms with Crippen molar-refractivity contribution < 1.29 is 4.57 Å². The van der Waals surface area contributed by atoms with E-state index in [0.717, 1.165) is 19.5 Å². The smallest absolute Gasteiger partial charge is 0.234 e. The molecule has 2 nitrogen and oxygen atoms in total. The Bertz CT molecular complexity index is 485. The van der Waals surface area contributed by atoms with Gasteiger partial charge in [0.05, 0.1) is 6.54 Å². The second-order valence-corrected chi connectivity index (χ2v) is 5.12. The van der Waals surface area contributed by atoms with Crippen molar-refractivity contribution in [3.63, 3.8) is 0 Å². The monoisotopic (exact) mass is 257 g/mol. The van der Waals surface area contributed by atoms with Crippen molar-refractivity contribution >= 4 is 0 Å². The first-order valence-corrected chi connectivity index (χ1v) is 7.46. The van der Waals surface area contributed by atoms with Gasteiger partial charge in [-0.1, -0.05) is 50.6 Å². The molecule has 0 saturated heterocycles. The summed E-state index contributed by atoms with van der Waals surface area (Å²) in [5.41, 5.74) is 1.37. The van der Waals surface area contributed by atoms with Crippen LogP contribution in [0.15, 0.2) is 42.7 Å². The van der Waals surface area contributed by atoms with Crippen molar-refractivity contribution in [3.8, 4) is 0 Å². The third-order valence-corrected chi connectivity index (χ3v) is 3.51. The van der Waals surface area contributed by atoms with Gasteiger partial charge < -0.3 is 0 Å². The van der Waals surface area contributed by atoms with Gasteiger partial charge in [0.15, 0.2) is 0 Å². The first-order chi connectivity index (χ1) is 9.35. The van der Waals surface area contributed by atoms with Crippen LogP contribution in [0.25, 0.3) is 0 Å². The average Bonchev–Trinajstić information content (AvgIpc) is 2.81. The molecule has 0 spiro atoms. The van der Waals surface area contributed by atoms with Crippen molar-refractivity contribution in [3.05, 3.63) is 54.1 Å². The number of nitrogens with zero attached hydrogens (tertiary/aromatic N) is 2. The average molecular weight is 257 g/mol. The van der Waals surface area contributed by atoms with E-state index >= 15 is 0 Å². The van der Waals surface area contributed by atoms with Gasteiger partial charge in [0.1, 0.15) is 18.9 Å². The van der Waals surface area contributed by atoms with Crippen molar-refractivity contribution in [2.24, 2.45) is 0 Å². The zero-order valence-corrected chi connectivity index (χ0v) is 12.2. The molecule has 0 saturated carbocycles. The van der Waals surface area contributed by atoms with Gasteiger partial charge in [-0.2, -0.15) is 0 Å². The van der Waals surface area contributed by atoms with E-state index in [0.29, 0.717) is 0 Å². The molecule has 1 heterocycles. The minimum absolute atomic E-state index is 0.981. The number of hydrogen-bond acceptors (Lipinski definition) is 0. The molecule has 0 atom stereocenters. The standard InChI is InChI=1S/C17H25N2/c1-3-5-12-18-13-14-19(17(18)9-4-2)15-16-10-7-6-8-11-16/h6-8,10-11,13-14H,3-5,9,12,15H2,1-2H3/q+1. The van der Waals surface area contributed by atoms with Crippen LogP contribution < -0.4 is 4.57 Å². The molecule has 1 aromatic heterocycles. The van der Waals surface area contributed by atoms with E-state index in [2.05, 4.69) is 65.7 Å². The molecule has 0 unspecified atom stereocenters. The summed E-state index contributed by atoms with van der Waals surface area (Å²) in [5, 5.41) is 0. The largest absolute Gasteiger partial charge is 0.256 e. The third kappa shape index (κ3) is 3.69. The molecule has 0 aliphatic rings. The fourth-order valence-corrected chi connectivity index (χ4v) is 2.46. The van der Waals surface area contributed by atoms with E-state index in [9.17, 15) is 0 Å². The maximum atomic E-state index is 2.43. The molecule has 2 aromatic rings. The highest BCUT2D eigenvalue weighted by Gasteiger charge is 2.15. The number of rotatable bonds is 7. The van der Waals surface area contributed by atoms with Crippen LogP contribution in [0.2, 0.25) is 0 Å². The second-order valence-electron chi connectivity index (χ2n) is 5.12. The molecule has 1 aromatic carbocycles. The van der Waals surface area contributed by atoms with Crippen LogP contribution in [-0.4, -0.2) is 4.57 Å². The minimum atomic E-state index is 0.981. The summed E-state index contributed by atoms with van der Waals surface area (Å²) >= 11 is 0. The Morgan fingerprint density at radius 1 is 1.05 bits per heavy atom. The lowest BCUT2D eigenvalue weighted by molar-refractivity contribution is -0.704. The molecule has 0 N–H and O–H groups in total. The molecule has 2 rings (SSSR count). The number of imidazole rings is 1. The Balaban J connectivity index is 2.17. The van der Waals surface area contributed by atoms with Crippen LogP contribution in [0.1, 0.15) is 44.5 Å². The van der Waals surface area contributed by atoms with Crippen LogP contribution in [0, 0.1) is 0 Å². The number of benzene rings is 1. The van der Waals surface area contributed by atoms with Gasteiger partial charge in [0.2, 0.25) is 0 Å². The van der Waals surface area contributed by atoms with E-state index in [1.165, 1.54) is 30.7 Å². The fraction of sp³-hybridized carbons (Fsp3) is 0.471. The van der Waals surface area contributed by atoms with Gasteiger partial charge in [0, 0.05) is 6.42 Å². The van der Waals surface area contributed by atoms with Gasteiger partial charge in [-0.25, -0.2) is 9.13 Å². The van der Waals surface area contributed by atoms with Gasteiger partial charge in [-0.05, 0) is 18.4 Å². The maximum Gasteiger partial charge on any atom is 0.256 e. The Morgan fingerprint density at radius 3 is 2.53 bits per heavy atom. The van der Waals surface area contributed by atoms with Gasteiger partial charge in [0.25, 0.3) is 5.82 Å². The molecule has 102 valence electrons. The molecule has 0 radical (unpaired) electrons. The normalized spacial score (nSPS) is 10.8. The predicted octanol–water partition coefficient (Wildman–Crippen LogP) is 3.58. The van der Waals surface area contributed by atoms with Crippen molar-refractivity contribution in [1.82, 2.24) is 4.57 Å². The maximum absolute atomic E-state index is 2.43. The predicted molar refractivity (Wildman–Crippen MR) is 79.1 cm³/mol. The highest BCUT2D eigenvalue weighted by atomic mass is 15.1. The van der Waals surface area contributed by atoms with E-state index in [-0.39, 0.29) is 0 Å². The van der Waals surface area contributed by atoms with Crippen molar-refractivity contribution in [2.75, 3.05) is 0 Å². The first-order valence-electron chi connectivity index (χ1n) is 7.46. The molecule has 0 aliphatic carbocycles. The SMILES string of the molecule is CCCC[n+]1ccn(Cc2ccccc2)c1CCC. The number of hydrogen-bond donors (Lipinski definition) is 0. The molecule has 0 amide bonds. The van der Waals surface area contributed by atoms with Gasteiger partial charge >= 0.3 is 0 Å². The number of aromatic nitrogens is 2. The van der Waals surface area contributed by atoms with E-state index in [4.69, 9.17) is 0 Å². The van der Waals surface area contributed by atoms with E-state index in [1.54, 1.807) is 0 Å². The van der Waals surface area contributed by atoms with Crippen molar-refractivity contribution in [1.29, 1.82) is 0 Å². The summed E-state index contributed by atoms with van der Waals surface area (Å²) < 4.78 is 4.82. The molecule has 0 aliphatic heterocycles. The van der Waals surface area contributed by atoms with Crippen LogP contribution in [-0.2, 0) is 19.5 Å². The van der Waals surface area contributed by atoms with Crippen LogP contribution in [0.5, 0.6) is 0 Å². The highest BCUT2D eigenvalue weighted by molar-refractivity contribution is 5.15. The van der Waals surface area contributed by atoms with E-state index in [1.807, 2.05) is 0 Å². The third-order valence-electron chi connectivity index (χ3n) is 3.51. The molecular weight excluding hydrogens is 232 g/mol. The Morgan fingerprint density at radius 2 is 1.84 bits per heavy atom. The fourth-order valence-electron chi connectivity index (χ4n) is 2.46. The Kier molecular flexibility index (Phi) is 5.20. The van der Waals surface area contributed by atoms with Crippen LogP contribution in [0.3, 0.4) is 0 Å². The lowest BCUT2D eigenvalue weighted by atomic mass is 10.2. The minimum Gasteiger partial charge on any atom is -0.234 e. The molecule has 19 heavy (non-hydrogen) atoms. The summed E-state index contributed by atoms with van der Waals surface area (Å²) in [6.45, 7) is 6.63. The zero-order chi connectivity index (χ0) is 13.5. The van der Waals surface area contributed by atoms with Crippen LogP contribution in [0.4, 0.5) is 0 Å². The van der Waals surface area contributed by atoms with Crippen LogP contribution >= 0.6 is 0 Å². The van der Waals surface area contributed by atoms with E-state index < -0.39 is 0 Å². The summed E-state index contributed by atoms with van der Waals surface area (Å²) in [6.07, 6.45) is 9.34. The Hall–Kier alpha value is -1.57. The summed E-state index contributed by atoms with van der Waals surface area (Å²) in [6, 6.07) is 10.7. The topological polar surface area (TPSA) is 8.81 Å². The van der Waals surface area contributed by atoms with Gasteiger partial charge in [-0.3, -0.25) is 0 Å². The second kappa shape index (κ2) is 7.13. The first kappa shape index (κ1) is 13.9. The summed E-state index contributed by atoms with van der Waals surface area (Å²) in [4.78, 5) is 0. The lowest BCUT2D eigenvalue weighted by Crippen LogP contribution is -2.37. The molecule has 0 bridgehead atoms. The number of aryl methyl sites for hydroxylation is 1. The lowest BCUT2D eigenvalue weighted by Gasteiger charge is -2.04. The molecule has 2 heteroatoms. The highest BCUT2D eigenvalue weighted by Crippen LogP contribution is 2.07. The molecular formula is C17H25N2+. The van der Waals surface area contributed by atoms with Crippen molar-refractivity contribution in [2.45, 2.75) is 52.6 Å². The quantitative estimate of drug-likeness (QED) is 0.670. The zero-order valence-electron chi connectivity index (χ0n) is 12.2. The van der Waals surface area contributed by atoms with Gasteiger partial charge in [-0.15, -0.1) is 0 Å². The summed E-state index contributed by atoms with van der Waals surface area (Å²) in [5.74, 6) is 1.46. The summed E-state index contributed by atoms with van der Waals surface area (Å²) in [7, 11) is 0.